The van der Waals surface area contributed by atoms with Gasteiger partial charge in [-0.25, -0.2) is 0 Å². The van der Waals surface area contributed by atoms with Crippen molar-refractivity contribution < 1.29 is 4.79 Å². The summed E-state index contributed by atoms with van der Waals surface area (Å²) in [6, 6.07) is 11.7. The molecule has 1 aromatic carbocycles. The van der Waals surface area contributed by atoms with Gasteiger partial charge in [0.05, 0.1) is 11.3 Å². The number of fused-ring (bicyclic) bond motifs is 1. The van der Waals surface area contributed by atoms with Crippen LogP contribution in [0.1, 0.15) is 17.3 Å². The van der Waals surface area contributed by atoms with Gasteiger partial charge in [-0.05, 0) is 37.3 Å². The summed E-state index contributed by atoms with van der Waals surface area (Å²) in [6.45, 7) is 4.83. The van der Waals surface area contributed by atoms with Crippen LogP contribution >= 0.6 is 0 Å². The zero-order chi connectivity index (χ0) is 18.1. The van der Waals surface area contributed by atoms with Crippen LogP contribution in [0.5, 0.6) is 0 Å². The summed E-state index contributed by atoms with van der Waals surface area (Å²) in [5.41, 5.74) is 8.89. The second-order valence-electron chi connectivity index (χ2n) is 6.50. The van der Waals surface area contributed by atoms with E-state index in [9.17, 15) is 4.79 Å². The van der Waals surface area contributed by atoms with Crippen molar-refractivity contribution >= 4 is 22.5 Å². The van der Waals surface area contributed by atoms with Crippen LogP contribution in [-0.2, 0) is 0 Å². The number of nitrogens with zero attached hydrogens (tertiary/aromatic N) is 4. The van der Waals surface area contributed by atoms with Gasteiger partial charge in [0.15, 0.2) is 0 Å². The lowest BCUT2D eigenvalue weighted by Gasteiger charge is -2.34. The highest BCUT2D eigenvalue weighted by Gasteiger charge is 2.21. The molecule has 7 nitrogen and oxygen atoms in total. The molecule has 1 saturated heterocycles. The molecule has 1 aliphatic rings. The molecule has 1 amide bonds. The molecule has 0 radical (unpaired) electrons. The lowest BCUT2D eigenvalue weighted by molar-refractivity contribution is 0.100. The molecule has 3 aromatic rings. The first-order chi connectivity index (χ1) is 12.6. The highest BCUT2D eigenvalue weighted by Crippen LogP contribution is 2.31. The van der Waals surface area contributed by atoms with Crippen LogP contribution in [0.4, 0.5) is 5.69 Å². The molecule has 2 aromatic heterocycles. The van der Waals surface area contributed by atoms with Gasteiger partial charge >= 0.3 is 0 Å². The number of hydrogen-bond donors (Lipinski definition) is 2. The Hall–Kier alpha value is -3.06. The Bertz CT molecular complexity index is 959. The van der Waals surface area contributed by atoms with Gasteiger partial charge in [0.2, 0.25) is 0 Å². The molecule has 1 fully saturated rings. The van der Waals surface area contributed by atoms with E-state index in [0.717, 1.165) is 36.4 Å². The fourth-order valence-electron chi connectivity index (χ4n) is 3.38. The maximum Gasteiger partial charge on any atom is 0.250 e. The van der Waals surface area contributed by atoms with Crippen LogP contribution in [0.25, 0.3) is 22.3 Å². The number of anilines is 1. The van der Waals surface area contributed by atoms with Crippen LogP contribution in [0.3, 0.4) is 0 Å². The third kappa shape index (κ3) is 2.97. The molecule has 132 valence electrons. The second-order valence-corrected chi connectivity index (χ2v) is 6.50. The molecular formula is C19H20N6O. The van der Waals surface area contributed by atoms with Crippen LogP contribution in [0.15, 0.2) is 42.6 Å². The molecule has 0 aliphatic carbocycles. The van der Waals surface area contributed by atoms with E-state index in [-0.39, 0.29) is 0 Å². The predicted molar refractivity (Wildman–Crippen MR) is 101 cm³/mol. The molecule has 1 atom stereocenters. The third-order valence-electron chi connectivity index (χ3n) is 4.64. The topological polar surface area (TPSA) is 97.0 Å². The summed E-state index contributed by atoms with van der Waals surface area (Å²) in [5, 5.41) is 12.9. The minimum absolute atomic E-state index is 0.381. The van der Waals surface area contributed by atoms with Crippen molar-refractivity contribution in [3.05, 3.63) is 48.2 Å². The van der Waals surface area contributed by atoms with E-state index in [2.05, 4.69) is 32.3 Å². The largest absolute Gasteiger partial charge is 0.368 e. The number of carbonyl (C=O) groups is 1. The molecule has 0 spiro atoms. The smallest absolute Gasteiger partial charge is 0.250 e. The Labute approximate surface area is 151 Å². The first-order valence-corrected chi connectivity index (χ1v) is 8.63. The number of benzene rings is 1. The molecule has 7 heteroatoms. The quantitative estimate of drug-likeness (QED) is 0.746. The molecule has 0 saturated carbocycles. The Kier molecular flexibility index (Phi) is 4.22. The van der Waals surface area contributed by atoms with Crippen LogP contribution in [-0.4, -0.2) is 46.8 Å². The van der Waals surface area contributed by atoms with E-state index in [1.54, 1.807) is 12.3 Å². The highest BCUT2D eigenvalue weighted by atomic mass is 16.1. The fraction of sp³-hybridized carbons (Fsp3) is 0.263. The average molecular weight is 348 g/mol. The SMILES string of the molecule is C[C@@H]1CN(c2ccc(C(N)=O)c3nnc(-c4ccccn4)cc23)CCN1. The van der Waals surface area contributed by atoms with Crippen LogP contribution < -0.4 is 16.0 Å². The molecular weight excluding hydrogens is 328 g/mol. The van der Waals surface area contributed by atoms with Crippen molar-refractivity contribution in [1.82, 2.24) is 20.5 Å². The number of primary amides is 1. The molecule has 1 aliphatic heterocycles. The number of hydrogen-bond acceptors (Lipinski definition) is 6. The minimum Gasteiger partial charge on any atom is -0.368 e. The molecule has 3 heterocycles. The predicted octanol–water partition coefficient (Wildman–Crippen LogP) is 1.59. The number of amides is 1. The van der Waals surface area contributed by atoms with Gasteiger partial charge in [-0.3, -0.25) is 9.78 Å². The van der Waals surface area contributed by atoms with Crippen molar-refractivity contribution in [2.24, 2.45) is 5.73 Å². The summed E-state index contributed by atoms with van der Waals surface area (Å²) in [7, 11) is 0. The summed E-state index contributed by atoms with van der Waals surface area (Å²) < 4.78 is 0. The maximum atomic E-state index is 11.8. The highest BCUT2D eigenvalue weighted by molar-refractivity contribution is 6.08. The monoisotopic (exact) mass is 348 g/mol. The molecule has 3 N–H and O–H groups in total. The summed E-state index contributed by atoms with van der Waals surface area (Å²) in [6.07, 6.45) is 1.72. The van der Waals surface area contributed by atoms with Gasteiger partial charge in [-0.15, -0.1) is 10.2 Å². The van der Waals surface area contributed by atoms with E-state index in [1.165, 1.54) is 0 Å². The van der Waals surface area contributed by atoms with E-state index in [1.807, 2.05) is 30.3 Å². The summed E-state index contributed by atoms with van der Waals surface area (Å²) in [5.74, 6) is -0.505. The minimum atomic E-state index is -0.505. The normalized spacial score (nSPS) is 17.4. The van der Waals surface area contributed by atoms with Gasteiger partial charge in [-0.1, -0.05) is 6.07 Å². The van der Waals surface area contributed by atoms with Crippen molar-refractivity contribution in [1.29, 1.82) is 0 Å². The Balaban J connectivity index is 1.90. The molecule has 0 bridgehead atoms. The van der Waals surface area contributed by atoms with Gasteiger partial charge in [-0.2, -0.15) is 0 Å². The van der Waals surface area contributed by atoms with Crippen LogP contribution in [0, 0.1) is 0 Å². The summed E-state index contributed by atoms with van der Waals surface area (Å²) >= 11 is 0. The van der Waals surface area contributed by atoms with Crippen molar-refractivity contribution in [2.45, 2.75) is 13.0 Å². The number of piperazine rings is 1. The Morgan fingerprint density at radius 3 is 2.85 bits per heavy atom. The fourth-order valence-corrected chi connectivity index (χ4v) is 3.38. The van der Waals surface area contributed by atoms with Crippen LogP contribution in [0.2, 0.25) is 0 Å². The first kappa shape index (κ1) is 16.4. The first-order valence-electron chi connectivity index (χ1n) is 8.63. The lowest BCUT2D eigenvalue weighted by Crippen LogP contribution is -2.49. The average Bonchev–Trinajstić information content (AvgIpc) is 2.67. The number of nitrogens with two attached hydrogens (primary N) is 1. The maximum absolute atomic E-state index is 11.8. The van der Waals surface area contributed by atoms with Crippen molar-refractivity contribution in [3.8, 4) is 11.4 Å². The van der Waals surface area contributed by atoms with E-state index in [4.69, 9.17) is 5.73 Å². The van der Waals surface area contributed by atoms with Gasteiger partial charge < -0.3 is 16.0 Å². The summed E-state index contributed by atoms with van der Waals surface area (Å²) in [4.78, 5) is 18.5. The zero-order valence-corrected chi connectivity index (χ0v) is 14.5. The number of pyridine rings is 1. The van der Waals surface area contributed by atoms with Gasteiger partial charge in [0, 0.05) is 42.9 Å². The molecule has 26 heavy (non-hydrogen) atoms. The van der Waals surface area contributed by atoms with E-state index < -0.39 is 5.91 Å². The molecule has 0 unspecified atom stereocenters. The Morgan fingerprint density at radius 2 is 2.12 bits per heavy atom. The van der Waals surface area contributed by atoms with Crippen molar-refractivity contribution in [3.63, 3.8) is 0 Å². The van der Waals surface area contributed by atoms with E-state index >= 15 is 0 Å². The Morgan fingerprint density at radius 1 is 1.23 bits per heavy atom. The number of rotatable bonds is 3. The second kappa shape index (κ2) is 6.68. The van der Waals surface area contributed by atoms with E-state index in [0.29, 0.717) is 22.8 Å². The molecule has 4 rings (SSSR count). The number of carbonyl (C=O) groups excluding carboxylic acids is 1. The zero-order valence-electron chi connectivity index (χ0n) is 14.5. The lowest BCUT2D eigenvalue weighted by atomic mass is 10.0. The van der Waals surface area contributed by atoms with Gasteiger partial charge in [0.1, 0.15) is 11.2 Å². The van der Waals surface area contributed by atoms with Gasteiger partial charge in [0.25, 0.3) is 5.91 Å². The standard InChI is InChI=1S/C19H20N6O/c1-12-11-25(9-8-21-12)17-6-5-13(19(20)26)18-14(17)10-16(23-24-18)15-4-2-3-7-22-15/h2-7,10,12,21H,8-9,11H2,1H3,(H2,20,26)/t12-/m1/s1. The number of nitrogens with one attached hydrogen (secondary N) is 1. The third-order valence-corrected chi connectivity index (χ3v) is 4.64. The number of aromatic nitrogens is 3. The van der Waals surface area contributed by atoms with Crippen molar-refractivity contribution in [2.75, 3.05) is 24.5 Å².